The van der Waals surface area contributed by atoms with Crippen molar-refractivity contribution < 1.29 is 14.6 Å². The Hall–Kier alpha value is -3.13. The molecular weight excluding hydrogens is 346 g/mol. The van der Waals surface area contributed by atoms with Gasteiger partial charge in [0.25, 0.3) is 0 Å². The lowest BCUT2D eigenvalue weighted by Gasteiger charge is -2.21. The van der Waals surface area contributed by atoms with Crippen LogP contribution in [0.4, 0.5) is 16.3 Å². The number of hydrogen-bond acceptors (Lipinski definition) is 6. The molecule has 2 aromatic rings. The molecule has 3 atom stereocenters. The van der Waals surface area contributed by atoms with E-state index in [1.165, 1.54) is 19.4 Å². The molecule has 0 radical (unpaired) electrons. The van der Waals surface area contributed by atoms with E-state index in [9.17, 15) is 9.90 Å². The quantitative estimate of drug-likeness (QED) is 0.405. The van der Waals surface area contributed by atoms with Crippen molar-refractivity contribution >= 4 is 23.4 Å². The highest BCUT2D eigenvalue weighted by Gasteiger charge is 2.59. The summed E-state index contributed by atoms with van der Waals surface area (Å²) in [7, 11) is 1.37. The third-order valence-electron chi connectivity index (χ3n) is 4.99. The van der Waals surface area contributed by atoms with Crippen LogP contribution in [0.2, 0.25) is 0 Å². The molecule has 0 aliphatic heterocycles. The van der Waals surface area contributed by atoms with E-state index in [1.54, 1.807) is 6.92 Å². The molecule has 8 nitrogen and oxygen atoms in total. The second-order valence-electron chi connectivity index (χ2n) is 6.63. The smallest absolute Gasteiger partial charge is 0.320 e. The second kappa shape index (κ2) is 7.24. The van der Waals surface area contributed by atoms with E-state index < -0.39 is 17.6 Å². The van der Waals surface area contributed by atoms with Gasteiger partial charge >= 0.3 is 6.03 Å². The van der Waals surface area contributed by atoms with Crippen LogP contribution in [0.5, 0.6) is 0 Å². The number of aliphatic hydroxyl groups is 1. The molecule has 1 fully saturated rings. The zero-order valence-electron chi connectivity index (χ0n) is 15.2. The first-order valence-corrected chi connectivity index (χ1v) is 8.58. The minimum absolute atomic E-state index is 0.0986. The van der Waals surface area contributed by atoms with Crippen molar-refractivity contribution in [3.63, 3.8) is 0 Å². The summed E-state index contributed by atoms with van der Waals surface area (Å²) in [5.74, 6) is 0.166. The number of nitrogens with one attached hydrogen (secondary N) is 3. The Balaban J connectivity index is 1.67. The second-order valence-corrected chi connectivity index (χ2v) is 6.63. The number of nitrogen functional groups attached to an aromatic ring is 1. The van der Waals surface area contributed by atoms with Gasteiger partial charge in [0.2, 0.25) is 5.90 Å². The topological polar surface area (TPSA) is 133 Å². The van der Waals surface area contributed by atoms with Gasteiger partial charge in [-0.05, 0) is 18.9 Å². The summed E-state index contributed by atoms with van der Waals surface area (Å²) in [6.07, 6.45) is 1.43. The van der Waals surface area contributed by atoms with Crippen LogP contribution in [0.1, 0.15) is 24.5 Å². The lowest BCUT2D eigenvalue weighted by Crippen LogP contribution is -2.38. The van der Waals surface area contributed by atoms with Crippen LogP contribution in [0.3, 0.4) is 0 Å². The number of pyridine rings is 1. The Morgan fingerprint density at radius 1 is 1.44 bits per heavy atom. The van der Waals surface area contributed by atoms with Crippen molar-refractivity contribution in [2.45, 2.75) is 30.9 Å². The van der Waals surface area contributed by atoms with Crippen LogP contribution >= 0.6 is 0 Å². The van der Waals surface area contributed by atoms with Gasteiger partial charge in [0.05, 0.1) is 18.8 Å². The Morgan fingerprint density at radius 2 is 2.15 bits per heavy atom. The molecule has 3 rings (SSSR count). The first kappa shape index (κ1) is 18.7. The van der Waals surface area contributed by atoms with Crippen LogP contribution in [0, 0.1) is 5.41 Å². The third-order valence-corrected chi connectivity index (χ3v) is 4.99. The van der Waals surface area contributed by atoms with Crippen molar-refractivity contribution in [3.8, 4) is 0 Å². The highest BCUT2D eigenvalue weighted by Crippen LogP contribution is 2.51. The lowest BCUT2D eigenvalue weighted by atomic mass is 9.90. The maximum absolute atomic E-state index is 12.3. The van der Waals surface area contributed by atoms with Crippen LogP contribution in [-0.4, -0.2) is 41.3 Å². The molecular formula is C19H23N5O3. The third kappa shape index (κ3) is 3.56. The van der Waals surface area contributed by atoms with Crippen molar-refractivity contribution in [1.29, 1.82) is 5.41 Å². The van der Waals surface area contributed by atoms with E-state index in [4.69, 9.17) is 15.9 Å². The molecule has 27 heavy (non-hydrogen) atoms. The number of methoxy groups -OCH3 is 1. The fraction of sp³-hybridized carbons (Fsp3) is 0.316. The Labute approximate surface area is 157 Å². The number of carbonyl (C=O) groups is 1. The number of aliphatic hydroxyl groups excluding tert-OH is 1. The van der Waals surface area contributed by atoms with Crippen LogP contribution < -0.4 is 16.4 Å². The number of amides is 2. The molecule has 0 spiro atoms. The molecule has 1 aliphatic carbocycles. The van der Waals surface area contributed by atoms with Gasteiger partial charge in [0.15, 0.2) is 0 Å². The number of hydrogen-bond donors (Lipinski definition) is 5. The van der Waals surface area contributed by atoms with E-state index in [0.717, 1.165) is 5.56 Å². The van der Waals surface area contributed by atoms with E-state index in [-0.39, 0.29) is 23.4 Å². The maximum atomic E-state index is 12.3. The highest BCUT2D eigenvalue weighted by molar-refractivity contribution is 5.97. The summed E-state index contributed by atoms with van der Waals surface area (Å²) >= 11 is 0. The largest absolute Gasteiger partial charge is 0.481 e. The predicted molar refractivity (Wildman–Crippen MR) is 103 cm³/mol. The number of benzene rings is 1. The fourth-order valence-corrected chi connectivity index (χ4v) is 3.38. The standard InChI is InChI=1S/C19H23N5O3/c1-11(25)19(12-6-4-3-5-7-12)9-15(19)23-18(26)24-16-8-14(20)13(10-22-16)17(21)27-2/h3-8,10-11,15,21,25H,9H2,1-2H3,(H4,20,22,23,24,26). The van der Waals surface area contributed by atoms with Crippen LogP contribution in [-0.2, 0) is 10.2 Å². The Kier molecular flexibility index (Phi) is 5.00. The first-order valence-electron chi connectivity index (χ1n) is 8.58. The number of aromatic nitrogens is 1. The number of anilines is 2. The molecule has 1 heterocycles. The number of nitrogens with two attached hydrogens (primary N) is 1. The number of carbonyl (C=O) groups excluding carboxylic acids is 1. The van der Waals surface area contributed by atoms with E-state index in [0.29, 0.717) is 12.0 Å². The minimum atomic E-state index is -0.599. The molecule has 2 amide bonds. The summed E-state index contributed by atoms with van der Waals surface area (Å²) in [6.45, 7) is 1.73. The molecule has 1 aromatic carbocycles. The monoisotopic (exact) mass is 369 g/mol. The zero-order chi connectivity index (χ0) is 19.6. The van der Waals surface area contributed by atoms with Gasteiger partial charge in [-0.1, -0.05) is 30.3 Å². The van der Waals surface area contributed by atoms with Gasteiger partial charge in [-0.25, -0.2) is 9.78 Å². The molecule has 1 aliphatic rings. The van der Waals surface area contributed by atoms with Crippen LogP contribution in [0.15, 0.2) is 42.6 Å². The maximum Gasteiger partial charge on any atom is 0.320 e. The molecule has 1 saturated carbocycles. The molecule has 1 aromatic heterocycles. The van der Waals surface area contributed by atoms with Gasteiger partial charge in [-0.15, -0.1) is 0 Å². The van der Waals surface area contributed by atoms with Crippen molar-refractivity contribution in [3.05, 3.63) is 53.7 Å². The van der Waals surface area contributed by atoms with Gasteiger partial charge in [-0.3, -0.25) is 10.7 Å². The molecule has 0 saturated heterocycles. The number of urea groups is 1. The summed E-state index contributed by atoms with van der Waals surface area (Å²) in [5.41, 5.74) is 7.02. The SMILES string of the molecule is COC(=N)c1cnc(NC(=O)NC2CC2(c2ccccc2)C(C)O)cc1N. The van der Waals surface area contributed by atoms with Gasteiger partial charge in [-0.2, -0.15) is 0 Å². The minimum Gasteiger partial charge on any atom is -0.481 e. The number of ether oxygens (including phenoxy) is 1. The summed E-state index contributed by atoms with van der Waals surface area (Å²) in [4.78, 5) is 16.4. The molecule has 142 valence electrons. The van der Waals surface area contributed by atoms with E-state index in [2.05, 4.69) is 15.6 Å². The Bertz CT molecular complexity index is 856. The molecule has 8 heteroatoms. The average Bonchev–Trinajstić information content (AvgIpc) is 3.37. The number of rotatable bonds is 5. The summed E-state index contributed by atoms with van der Waals surface area (Å²) < 4.78 is 4.83. The lowest BCUT2D eigenvalue weighted by molar-refractivity contribution is 0.146. The predicted octanol–water partition coefficient (Wildman–Crippen LogP) is 1.85. The van der Waals surface area contributed by atoms with Crippen molar-refractivity contribution in [2.24, 2.45) is 0 Å². The van der Waals surface area contributed by atoms with Gasteiger partial charge < -0.3 is 20.9 Å². The summed E-state index contributed by atoms with van der Waals surface area (Å²) in [5, 5.41) is 23.4. The highest BCUT2D eigenvalue weighted by atomic mass is 16.5. The fourth-order valence-electron chi connectivity index (χ4n) is 3.38. The molecule has 3 unspecified atom stereocenters. The van der Waals surface area contributed by atoms with E-state index >= 15 is 0 Å². The zero-order valence-corrected chi connectivity index (χ0v) is 15.2. The van der Waals surface area contributed by atoms with Crippen molar-refractivity contribution in [1.82, 2.24) is 10.3 Å². The van der Waals surface area contributed by atoms with E-state index in [1.807, 2.05) is 30.3 Å². The van der Waals surface area contributed by atoms with Gasteiger partial charge in [0, 0.05) is 29.4 Å². The normalized spacial score (nSPS) is 21.8. The van der Waals surface area contributed by atoms with Crippen molar-refractivity contribution in [2.75, 3.05) is 18.2 Å². The average molecular weight is 369 g/mol. The molecule has 0 bridgehead atoms. The Morgan fingerprint density at radius 3 is 2.74 bits per heavy atom. The molecule has 6 N–H and O–H groups in total. The first-order chi connectivity index (χ1) is 12.9. The number of nitrogens with zero attached hydrogens (tertiary/aromatic N) is 1. The van der Waals surface area contributed by atoms with Gasteiger partial charge in [0.1, 0.15) is 5.82 Å². The summed E-state index contributed by atoms with van der Waals surface area (Å²) in [6, 6.07) is 10.5. The van der Waals surface area contributed by atoms with Crippen LogP contribution in [0.25, 0.3) is 0 Å².